The topological polar surface area (TPSA) is 48.7 Å². The monoisotopic (exact) mass is 265 g/mol. The van der Waals surface area contributed by atoms with Crippen LogP contribution in [0, 0.1) is 23.0 Å². The third-order valence-electron chi connectivity index (χ3n) is 2.12. The SMILES string of the molecule is N#Cc1cc(Cl)nc(Nc2ccc(F)cc2F)c1. The fourth-order valence-electron chi connectivity index (χ4n) is 1.35. The summed E-state index contributed by atoms with van der Waals surface area (Å²) in [6, 6.07) is 7.79. The maximum absolute atomic E-state index is 13.4. The Hall–Kier alpha value is -2.19. The van der Waals surface area contributed by atoms with E-state index in [1.54, 1.807) is 0 Å². The highest BCUT2D eigenvalue weighted by molar-refractivity contribution is 6.29. The van der Waals surface area contributed by atoms with Crippen LogP contribution in [0.15, 0.2) is 30.3 Å². The molecule has 1 aromatic heterocycles. The Labute approximate surface area is 107 Å². The third kappa shape index (κ3) is 2.73. The molecule has 1 N–H and O–H groups in total. The first-order valence-electron chi connectivity index (χ1n) is 4.88. The van der Waals surface area contributed by atoms with Crippen molar-refractivity contribution in [2.45, 2.75) is 0 Å². The second-order valence-electron chi connectivity index (χ2n) is 3.42. The summed E-state index contributed by atoms with van der Waals surface area (Å²) in [5.41, 5.74) is 0.343. The van der Waals surface area contributed by atoms with Crippen molar-refractivity contribution in [1.82, 2.24) is 4.98 Å². The number of rotatable bonds is 2. The predicted molar refractivity (Wildman–Crippen MR) is 63.6 cm³/mol. The Bertz CT molecular complexity index is 638. The van der Waals surface area contributed by atoms with E-state index in [0.717, 1.165) is 12.1 Å². The molecule has 1 aromatic carbocycles. The molecule has 18 heavy (non-hydrogen) atoms. The van der Waals surface area contributed by atoms with Crippen LogP contribution in [0.1, 0.15) is 5.56 Å². The van der Waals surface area contributed by atoms with Gasteiger partial charge in [-0.3, -0.25) is 0 Å². The van der Waals surface area contributed by atoms with Crippen LogP contribution < -0.4 is 5.32 Å². The number of anilines is 2. The van der Waals surface area contributed by atoms with Gasteiger partial charge in [0.2, 0.25) is 0 Å². The van der Waals surface area contributed by atoms with E-state index in [4.69, 9.17) is 16.9 Å². The summed E-state index contributed by atoms with van der Waals surface area (Å²) >= 11 is 5.70. The molecule has 0 saturated carbocycles. The predicted octanol–water partition coefficient (Wildman–Crippen LogP) is 3.63. The van der Waals surface area contributed by atoms with Crippen molar-refractivity contribution in [3.8, 4) is 6.07 Å². The van der Waals surface area contributed by atoms with Gasteiger partial charge >= 0.3 is 0 Å². The fourth-order valence-corrected chi connectivity index (χ4v) is 1.56. The minimum absolute atomic E-state index is 0.0510. The zero-order valence-electron chi connectivity index (χ0n) is 8.92. The molecule has 0 amide bonds. The van der Waals surface area contributed by atoms with E-state index < -0.39 is 11.6 Å². The van der Waals surface area contributed by atoms with E-state index in [9.17, 15) is 8.78 Å². The maximum atomic E-state index is 13.4. The quantitative estimate of drug-likeness (QED) is 0.844. The van der Waals surface area contributed by atoms with Crippen LogP contribution in [0.5, 0.6) is 0 Å². The van der Waals surface area contributed by atoms with Crippen LogP contribution in [0.2, 0.25) is 5.15 Å². The number of halogens is 3. The van der Waals surface area contributed by atoms with Gasteiger partial charge in [-0.15, -0.1) is 0 Å². The van der Waals surface area contributed by atoms with Crippen molar-refractivity contribution >= 4 is 23.1 Å². The highest BCUT2D eigenvalue weighted by atomic mass is 35.5. The van der Waals surface area contributed by atoms with Gasteiger partial charge in [-0.2, -0.15) is 5.26 Å². The average Bonchev–Trinajstić information content (AvgIpc) is 2.32. The molecule has 0 spiro atoms. The lowest BCUT2D eigenvalue weighted by molar-refractivity contribution is 0.586. The molecular weight excluding hydrogens is 260 g/mol. The lowest BCUT2D eigenvalue weighted by atomic mass is 10.2. The van der Waals surface area contributed by atoms with Crippen LogP contribution in [0.4, 0.5) is 20.3 Å². The second kappa shape index (κ2) is 4.98. The first-order valence-corrected chi connectivity index (χ1v) is 5.26. The summed E-state index contributed by atoms with van der Waals surface area (Å²) in [7, 11) is 0. The molecule has 2 rings (SSSR count). The number of benzene rings is 1. The fraction of sp³-hybridized carbons (Fsp3) is 0. The molecule has 0 aliphatic heterocycles. The van der Waals surface area contributed by atoms with Crippen LogP contribution in [0.25, 0.3) is 0 Å². The van der Waals surface area contributed by atoms with Gasteiger partial charge in [-0.25, -0.2) is 13.8 Å². The summed E-state index contributed by atoms with van der Waals surface area (Å²) in [6.45, 7) is 0. The molecule has 1 heterocycles. The zero-order valence-corrected chi connectivity index (χ0v) is 9.67. The number of nitriles is 1. The van der Waals surface area contributed by atoms with Crippen molar-refractivity contribution < 1.29 is 8.78 Å². The normalized spacial score (nSPS) is 9.89. The Balaban J connectivity index is 2.34. The van der Waals surface area contributed by atoms with Crippen molar-refractivity contribution in [3.63, 3.8) is 0 Å². The smallest absolute Gasteiger partial charge is 0.149 e. The molecule has 0 aliphatic carbocycles. The van der Waals surface area contributed by atoms with E-state index in [1.807, 2.05) is 6.07 Å². The standard InChI is InChI=1S/C12H6ClF2N3/c13-11-3-7(6-16)4-12(18-11)17-10-2-1-8(14)5-9(10)15/h1-5H,(H,17,18). The molecule has 90 valence electrons. The highest BCUT2D eigenvalue weighted by Gasteiger charge is 2.06. The number of aromatic nitrogens is 1. The highest BCUT2D eigenvalue weighted by Crippen LogP contribution is 2.21. The largest absolute Gasteiger partial charge is 0.338 e. The maximum Gasteiger partial charge on any atom is 0.149 e. The van der Waals surface area contributed by atoms with Crippen molar-refractivity contribution in [2.75, 3.05) is 5.32 Å². The lowest BCUT2D eigenvalue weighted by Crippen LogP contribution is -1.97. The van der Waals surface area contributed by atoms with Gasteiger partial charge in [0.1, 0.15) is 22.6 Å². The van der Waals surface area contributed by atoms with Crippen molar-refractivity contribution in [1.29, 1.82) is 5.26 Å². The van der Waals surface area contributed by atoms with Crippen LogP contribution in [0.3, 0.4) is 0 Å². The Morgan fingerprint density at radius 3 is 2.67 bits per heavy atom. The molecule has 2 aromatic rings. The third-order valence-corrected chi connectivity index (χ3v) is 2.31. The average molecular weight is 266 g/mol. The molecular formula is C12H6ClF2N3. The number of hydrogen-bond donors (Lipinski definition) is 1. The molecule has 0 unspecified atom stereocenters. The van der Waals surface area contributed by atoms with E-state index in [0.29, 0.717) is 5.56 Å². The van der Waals surface area contributed by atoms with Crippen LogP contribution in [-0.4, -0.2) is 4.98 Å². The van der Waals surface area contributed by atoms with Gasteiger partial charge in [-0.05, 0) is 24.3 Å². The molecule has 0 radical (unpaired) electrons. The number of nitrogens with zero attached hydrogens (tertiary/aromatic N) is 2. The molecule has 0 aliphatic rings. The summed E-state index contributed by atoms with van der Waals surface area (Å²) < 4.78 is 26.1. The summed E-state index contributed by atoms with van der Waals surface area (Å²) in [4.78, 5) is 3.88. The Kier molecular flexibility index (Phi) is 3.40. The molecule has 0 saturated heterocycles. The molecule has 3 nitrogen and oxygen atoms in total. The molecule has 0 atom stereocenters. The van der Waals surface area contributed by atoms with E-state index in [2.05, 4.69) is 10.3 Å². The van der Waals surface area contributed by atoms with Gasteiger partial charge in [-0.1, -0.05) is 11.6 Å². The number of nitrogens with one attached hydrogen (secondary N) is 1. The Morgan fingerprint density at radius 2 is 2.00 bits per heavy atom. The van der Waals surface area contributed by atoms with Gasteiger partial charge in [0.15, 0.2) is 0 Å². The minimum atomic E-state index is -0.754. The summed E-state index contributed by atoms with van der Waals surface area (Å²) in [5.74, 6) is -1.21. The first-order chi connectivity index (χ1) is 8.58. The minimum Gasteiger partial charge on any atom is -0.338 e. The van der Waals surface area contributed by atoms with Crippen LogP contribution >= 0.6 is 11.6 Å². The van der Waals surface area contributed by atoms with Crippen molar-refractivity contribution in [2.24, 2.45) is 0 Å². The lowest BCUT2D eigenvalue weighted by Gasteiger charge is -2.07. The Morgan fingerprint density at radius 1 is 1.22 bits per heavy atom. The summed E-state index contributed by atoms with van der Waals surface area (Å²) in [5, 5.41) is 11.5. The van der Waals surface area contributed by atoms with E-state index >= 15 is 0 Å². The molecule has 6 heteroatoms. The van der Waals surface area contributed by atoms with Gasteiger partial charge in [0.25, 0.3) is 0 Å². The summed E-state index contributed by atoms with van der Waals surface area (Å²) in [6.07, 6.45) is 0. The van der Waals surface area contributed by atoms with Crippen molar-refractivity contribution in [3.05, 3.63) is 52.7 Å². The van der Waals surface area contributed by atoms with E-state index in [1.165, 1.54) is 18.2 Å². The number of hydrogen-bond acceptors (Lipinski definition) is 3. The number of pyridine rings is 1. The van der Waals surface area contributed by atoms with Gasteiger partial charge in [0, 0.05) is 6.07 Å². The van der Waals surface area contributed by atoms with Crippen LogP contribution in [-0.2, 0) is 0 Å². The first kappa shape index (κ1) is 12.3. The van der Waals surface area contributed by atoms with Gasteiger partial charge in [0.05, 0.1) is 17.3 Å². The van der Waals surface area contributed by atoms with Gasteiger partial charge < -0.3 is 5.32 Å². The molecule has 0 bridgehead atoms. The molecule has 0 fully saturated rings. The van der Waals surface area contributed by atoms with E-state index in [-0.39, 0.29) is 16.7 Å². The zero-order chi connectivity index (χ0) is 13.1. The second-order valence-corrected chi connectivity index (χ2v) is 3.81.